The fourth-order valence-electron chi connectivity index (χ4n) is 2.14. The summed E-state index contributed by atoms with van der Waals surface area (Å²) in [5.41, 5.74) is 3.08. The third-order valence-electron chi connectivity index (χ3n) is 3.03. The Morgan fingerprint density at radius 3 is 2.95 bits per heavy atom. The van der Waals surface area contributed by atoms with Gasteiger partial charge in [-0.2, -0.15) is 8.75 Å². The van der Waals surface area contributed by atoms with Crippen LogP contribution in [0, 0.1) is 0 Å². The highest BCUT2D eigenvalue weighted by Gasteiger charge is 2.16. The minimum Gasteiger partial charge on any atom is -0.305 e. The monoisotopic (exact) mass is 270 g/mol. The number of pyridine rings is 1. The molecule has 0 aliphatic carbocycles. The van der Waals surface area contributed by atoms with E-state index in [1.54, 1.807) is 0 Å². The zero-order valence-corrected chi connectivity index (χ0v) is 11.4. The van der Waals surface area contributed by atoms with Gasteiger partial charge in [0.15, 0.2) is 0 Å². The number of aromatic nitrogens is 3. The van der Waals surface area contributed by atoms with E-state index in [1.165, 1.54) is 11.7 Å². The molecular formula is C14H14N4S. The van der Waals surface area contributed by atoms with Crippen LogP contribution in [0.25, 0.3) is 10.9 Å². The van der Waals surface area contributed by atoms with Gasteiger partial charge in [-0.3, -0.25) is 4.98 Å². The average Bonchev–Trinajstić information content (AvgIpc) is 2.98. The van der Waals surface area contributed by atoms with Crippen LogP contribution in [0.2, 0.25) is 0 Å². The predicted molar refractivity (Wildman–Crippen MR) is 77.2 cm³/mol. The van der Waals surface area contributed by atoms with Crippen LogP contribution in [0.1, 0.15) is 24.2 Å². The fraction of sp³-hybridized carbons (Fsp3) is 0.214. The van der Waals surface area contributed by atoms with Gasteiger partial charge in [0.1, 0.15) is 0 Å². The lowest BCUT2D eigenvalue weighted by Crippen LogP contribution is -2.22. The van der Waals surface area contributed by atoms with Gasteiger partial charge in [0.2, 0.25) is 0 Å². The molecule has 0 aliphatic rings. The SMILES string of the molecule is CCNC(c1cnc2ccccc2c1)c1cnsn1. The topological polar surface area (TPSA) is 50.7 Å². The lowest BCUT2D eigenvalue weighted by atomic mass is 10.0. The second-order valence-electron chi connectivity index (χ2n) is 4.28. The molecule has 96 valence electrons. The molecule has 3 rings (SSSR count). The Morgan fingerprint density at radius 2 is 2.16 bits per heavy atom. The zero-order valence-electron chi connectivity index (χ0n) is 10.6. The van der Waals surface area contributed by atoms with Crippen LogP contribution in [0.4, 0.5) is 0 Å². The van der Waals surface area contributed by atoms with E-state index in [-0.39, 0.29) is 6.04 Å². The summed E-state index contributed by atoms with van der Waals surface area (Å²) in [4.78, 5) is 4.51. The fourth-order valence-corrected chi connectivity index (χ4v) is 2.59. The molecule has 0 saturated carbocycles. The summed E-state index contributed by atoms with van der Waals surface area (Å²) in [6.07, 6.45) is 3.72. The van der Waals surface area contributed by atoms with E-state index in [1.807, 2.05) is 30.6 Å². The van der Waals surface area contributed by atoms with Crippen molar-refractivity contribution in [2.45, 2.75) is 13.0 Å². The number of para-hydroxylation sites is 1. The van der Waals surface area contributed by atoms with Gasteiger partial charge in [-0.05, 0) is 24.2 Å². The van der Waals surface area contributed by atoms with Crippen LogP contribution in [0.5, 0.6) is 0 Å². The summed E-state index contributed by atoms with van der Waals surface area (Å²) in [5.74, 6) is 0. The Balaban J connectivity index is 2.05. The third-order valence-corrected chi connectivity index (χ3v) is 3.52. The minimum absolute atomic E-state index is 0.0563. The molecule has 1 unspecified atom stereocenters. The van der Waals surface area contributed by atoms with Gasteiger partial charge in [-0.1, -0.05) is 25.1 Å². The van der Waals surface area contributed by atoms with Crippen LogP contribution in [0.3, 0.4) is 0 Å². The number of nitrogens with one attached hydrogen (secondary N) is 1. The second-order valence-corrected chi connectivity index (χ2v) is 4.84. The Hall–Kier alpha value is -1.85. The second kappa shape index (κ2) is 5.42. The van der Waals surface area contributed by atoms with Gasteiger partial charge in [-0.15, -0.1) is 0 Å². The molecule has 2 heterocycles. The molecule has 0 saturated heterocycles. The highest BCUT2D eigenvalue weighted by Crippen LogP contribution is 2.23. The lowest BCUT2D eigenvalue weighted by Gasteiger charge is -2.15. The first kappa shape index (κ1) is 12.2. The van der Waals surface area contributed by atoms with Crippen molar-refractivity contribution in [3.05, 3.63) is 54.0 Å². The normalized spacial score (nSPS) is 12.7. The smallest absolute Gasteiger partial charge is 0.0958 e. The molecule has 1 atom stereocenters. The van der Waals surface area contributed by atoms with Crippen molar-refractivity contribution in [2.75, 3.05) is 6.54 Å². The maximum atomic E-state index is 4.51. The largest absolute Gasteiger partial charge is 0.305 e. The number of hydrogen-bond acceptors (Lipinski definition) is 5. The standard InChI is InChI=1S/C14H14N4S/c1-2-15-14(13-9-17-19-18-13)11-7-10-5-3-4-6-12(10)16-8-11/h3-9,14-15H,2H2,1H3. The van der Waals surface area contributed by atoms with Crippen LogP contribution < -0.4 is 5.32 Å². The molecule has 3 aromatic rings. The first-order chi connectivity index (χ1) is 9.38. The van der Waals surface area contributed by atoms with E-state index in [2.05, 4.69) is 38.1 Å². The number of benzene rings is 1. The molecular weight excluding hydrogens is 256 g/mol. The van der Waals surface area contributed by atoms with Gasteiger partial charge in [0, 0.05) is 11.6 Å². The zero-order chi connectivity index (χ0) is 13.1. The van der Waals surface area contributed by atoms with Crippen molar-refractivity contribution in [1.82, 2.24) is 19.0 Å². The summed E-state index contributed by atoms with van der Waals surface area (Å²) in [6, 6.07) is 10.3. The molecule has 2 aromatic heterocycles. The predicted octanol–water partition coefficient (Wildman–Crippen LogP) is 2.79. The van der Waals surface area contributed by atoms with Crippen molar-refractivity contribution < 1.29 is 0 Å². The lowest BCUT2D eigenvalue weighted by molar-refractivity contribution is 0.619. The van der Waals surface area contributed by atoms with Crippen LogP contribution in [0.15, 0.2) is 42.7 Å². The highest BCUT2D eigenvalue weighted by atomic mass is 32.1. The van der Waals surface area contributed by atoms with E-state index in [9.17, 15) is 0 Å². The van der Waals surface area contributed by atoms with E-state index in [0.29, 0.717) is 0 Å². The van der Waals surface area contributed by atoms with Gasteiger partial charge in [0.05, 0.1) is 35.2 Å². The molecule has 0 amide bonds. The van der Waals surface area contributed by atoms with E-state index in [4.69, 9.17) is 0 Å². The number of fused-ring (bicyclic) bond motifs is 1. The Morgan fingerprint density at radius 1 is 1.26 bits per heavy atom. The number of hydrogen-bond donors (Lipinski definition) is 1. The van der Waals surface area contributed by atoms with Gasteiger partial charge in [0.25, 0.3) is 0 Å². The average molecular weight is 270 g/mol. The molecule has 0 radical (unpaired) electrons. The molecule has 0 spiro atoms. The Bertz CT molecular complexity index is 666. The van der Waals surface area contributed by atoms with E-state index >= 15 is 0 Å². The van der Waals surface area contributed by atoms with Crippen LogP contribution in [-0.4, -0.2) is 20.3 Å². The van der Waals surface area contributed by atoms with E-state index < -0.39 is 0 Å². The summed E-state index contributed by atoms with van der Waals surface area (Å²) in [7, 11) is 0. The Kier molecular flexibility index (Phi) is 3.48. The summed E-state index contributed by atoms with van der Waals surface area (Å²) >= 11 is 1.23. The van der Waals surface area contributed by atoms with Crippen molar-refractivity contribution >= 4 is 22.6 Å². The highest BCUT2D eigenvalue weighted by molar-refractivity contribution is 6.99. The van der Waals surface area contributed by atoms with Gasteiger partial charge < -0.3 is 5.32 Å². The molecule has 0 bridgehead atoms. The van der Waals surface area contributed by atoms with Crippen LogP contribution >= 0.6 is 11.7 Å². The number of rotatable bonds is 4. The van der Waals surface area contributed by atoms with Crippen molar-refractivity contribution in [1.29, 1.82) is 0 Å². The molecule has 5 heteroatoms. The minimum atomic E-state index is 0.0563. The molecule has 4 nitrogen and oxygen atoms in total. The Labute approximate surface area is 115 Å². The summed E-state index contributed by atoms with van der Waals surface area (Å²) < 4.78 is 8.42. The maximum absolute atomic E-state index is 4.51. The van der Waals surface area contributed by atoms with Crippen molar-refractivity contribution in [3.63, 3.8) is 0 Å². The quantitative estimate of drug-likeness (QED) is 0.792. The maximum Gasteiger partial charge on any atom is 0.0958 e. The third kappa shape index (κ3) is 2.47. The van der Waals surface area contributed by atoms with E-state index in [0.717, 1.165) is 28.7 Å². The molecule has 1 aromatic carbocycles. The van der Waals surface area contributed by atoms with Crippen LogP contribution in [-0.2, 0) is 0 Å². The van der Waals surface area contributed by atoms with Crippen molar-refractivity contribution in [2.24, 2.45) is 0 Å². The molecule has 1 N–H and O–H groups in total. The first-order valence-electron chi connectivity index (χ1n) is 6.24. The van der Waals surface area contributed by atoms with Gasteiger partial charge >= 0.3 is 0 Å². The first-order valence-corrected chi connectivity index (χ1v) is 6.97. The molecule has 0 fully saturated rings. The number of nitrogens with zero attached hydrogens (tertiary/aromatic N) is 3. The molecule has 19 heavy (non-hydrogen) atoms. The van der Waals surface area contributed by atoms with Crippen molar-refractivity contribution in [3.8, 4) is 0 Å². The molecule has 0 aliphatic heterocycles. The summed E-state index contributed by atoms with van der Waals surface area (Å²) in [6.45, 7) is 2.95. The summed E-state index contributed by atoms with van der Waals surface area (Å²) in [5, 5.41) is 4.57. The van der Waals surface area contributed by atoms with Gasteiger partial charge in [-0.25, -0.2) is 0 Å².